The number of benzene rings is 1. The van der Waals surface area contributed by atoms with Crippen LogP contribution in [0.5, 0.6) is 5.75 Å². The lowest BCUT2D eigenvalue weighted by molar-refractivity contribution is -0.157. The lowest BCUT2D eigenvalue weighted by Crippen LogP contribution is -2.70. The average Bonchev–Trinajstić information content (AvgIpc) is 3.08. The van der Waals surface area contributed by atoms with Crippen molar-refractivity contribution < 1.29 is 32.3 Å². The van der Waals surface area contributed by atoms with Gasteiger partial charge in [-0.1, -0.05) is 11.6 Å². The van der Waals surface area contributed by atoms with Crippen molar-refractivity contribution in [1.29, 1.82) is 0 Å². The molecule has 32 heavy (non-hydrogen) atoms. The molecular formula is C20H16ClF3N4O4. The summed E-state index contributed by atoms with van der Waals surface area (Å²) in [6.45, 7) is -1.72. The normalized spacial score (nSPS) is 20.2. The van der Waals surface area contributed by atoms with Crippen LogP contribution in [0, 0.1) is 0 Å². The van der Waals surface area contributed by atoms with Crippen molar-refractivity contribution in [2.24, 2.45) is 0 Å². The lowest BCUT2D eigenvalue weighted by atomic mass is 9.95. The minimum atomic E-state index is -4.82. The maximum atomic E-state index is 13.5. The van der Waals surface area contributed by atoms with Gasteiger partial charge in [0.2, 0.25) is 11.6 Å². The fourth-order valence-electron chi connectivity index (χ4n) is 4.05. The largest absolute Gasteiger partial charge is 0.497 e. The van der Waals surface area contributed by atoms with Crippen LogP contribution in [-0.2, 0) is 9.59 Å². The molecule has 1 atom stereocenters. The van der Waals surface area contributed by atoms with E-state index < -0.39 is 36.1 Å². The zero-order valence-electron chi connectivity index (χ0n) is 16.6. The fraction of sp³-hybridized carbons (Fsp3) is 0.300. The van der Waals surface area contributed by atoms with Gasteiger partial charge < -0.3 is 10.1 Å². The van der Waals surface area contributed by atoms with Gasteiger partial charge in [0, 0.05) is 25.1 Å². The molecule has 8 nitrogen and oxygen atoms in total. The molecule has 168 valence electrons. The summed E-state index contributed by atoms with van der Waals surface area (Å²) >= 11 is 5.88. The molecule has 2 aliphatic heterocycles. The highest BCUT2D eigenvalue weighted by Gasteiger charge is 2.62. The summed E-state index contributed by atoms with van der Waals surface area (Å²) in [6.07, 6.45) is -2.83. The molecule has 0 bridgehead atoms. The second-order valence-corrected chi connectivity index (χ2v) is 7.72. The first kappa shape index (κ1) is 21.9. The molecule has 1 N–H and O–H groups in total. The summed E-state index contributed by atoms with van der Waals surface area (Å²) in [5.41, 5.74) is -2.26. The number of aromatic nitrogens is 1. The molecule has 3 heterocycles. The smallest absolute Gasteiger partial charge is 0.406 e. The number of nitrogens with one attached hydrogen (secondary N) is 1. The number of nitrogens with zero attached hydrogens (tertiary/aromatic N) is 3. The van der Waals surface area contributed by atoms with Crippen LogP contribution in [0.3, 0.4) is 0 Å². The maximum Gasteiger partial charge on any atom is 0.406 e. The van der Waals surface area contributed by atoms with Crippen molar-refractivity contribution in [2.75, 3.05) is 23.9 Å². The molecule has 2 aliphatic rings. The number of carbonyl (C=O) groups is 3. The minimum absolute atomic E-state index is 0.00893. The van der Waals surface area contributed by atoms with Gasteiger partial charge in [-0.2, -0.15) is 13.2 Å². The van der Waals surface area contributed by atoms with Crippen LogP contribution in [0.2, 0.25) is 5.02 Å². The number of amides is 3. The van der Waals surface area contributed by atoms with E-state index in [-0.39, 0.29) is 40.6 Å². The van der Waals surface area contributed by atoms with Crippen LogP contribution in [0.4, 0.5) is 24.5 Å². The van der Waals surface area contributed by atoms with Crippen molar-refractivity contribution in [3.8, 4) is 5.75 Å². The first-order valence-electron chi connectivity index (χ1n) is 9.38. The molecule has 3 amide bonds. The Balaban J connectivity index is 1.89. The number of rotatable bonds is 4. The maximum absolute atomic E-state index is 13.5. The van der Waals surface area contributed by atoms with Gasteiger partial charge in [0.05, 0.1) is 35.3 Å². The monoisotopic (exact) mass is 468 g/mol. The molecule has 1 aromatic carbocycles. The number of hydrogen-bond donors (Lipinski definition) is 1. The number of methoxy groups -OCH3 is 1. The zero-order valence-corrected chi connectivity index (χ0v) is 17.3. The van der Waals surface area contributed by atoms with E-state index in [1.807, 2.05) is 0 Å². The number of hydrogen-bond acceptors (Lipinski definition) is 5. The molecule has 1 aromatic heterocycles. The number of anilines is 2. The standard InChI is InChI=1S/C20H16ClF3N4O4/c1-32-13-2-3-14-15(7-13)28-16(29)4-5-19(28,27(17(14)30)10-20(22,23)24)18(31)26-12-6-11(21)8-25-9-12/h2-3,6-9H,4-5,10H2,1H3,(H,26,31). The Morgan fingerprint density at radius 3 is 2.69 bits per heavy atom. The van der Waals surface area contributed by atoms with E-state index in [0.29, 0.717) is 4.90 Å². The average molecular weight is 469 g/mol. The molecular weight excluding hydrogens is 453 g/mol. The Morgan fingerprint density at radius 2 is 2.03 bits per heavy atom. The van der Waals surface area contributed by atoms with E-state index in [4.69, 9.17) is 16.3 Å². The van der Waals surface area contributed by atoms with Gasteiger partial charge in [0.25, 0.3) is 11.8 Å². The van der Waals surface area contributed by atoms with Gasteiger partial charge in [-0.25, -0.2) is 0 Å². The Kier molecular flexibility index (Phi) is 5.24. The second kappa shape index (κ2) is 7.66. The number of fused-ring (bicyclic) bond motifs is 3. The molecule has 0 radical (unpaired) electrons. The van der Waals surface area contributed by atoms with Crippen molar-refractivity contribution in [2.45, 2.75) is 24.7 Å². The lowest BCUT2D eigenvalue weighted by Gasteiger charge is -2.49. The Bertz CT molecular complexity index is 1130. The van der Waals surface area contributed by atoms with E-state index >= 15 is 0 Å². The minimum Gasteiger partial charge on any atom is -0.497 e. The van der Waals surface area contributed by atoms with Crippen molar-refractivity contribution in [1.82, 2.24) is 9.88 Å². The molecule has 0 aliphatic carbocycles. The summed E-state index contributed by atoms with van der Waals surface area (Å²) in [4.78, 5) is 44.7. The van der Waals surface area contributed by atoms with E-state index in [1.54, 1.807) is 0 Å². The number of ether oxygens (including phenoxy) is 1. The summed E-state index contributed by atoms with van der Waals surface area (Å²) in [5.74, 6) is -2.34. The van der Waals surface area contributed by atoms with Crippen LogP contribution in [0.25, 0.3) is 0 Å². The Hall–Kier alpha value is -3.34. The van der Waals surface area contributed by atoms with Crippen LogP contribution >= 0.6 is 11.6 Å². The first-order chi connectivity index (χ1) is 15.1. The van der Waals surface area contributed by atoms with Gasteiger partial charge in [-0.3, -0.25) is 29.2 Å². The molecule has 12 heteroatoms. The first-order valence-corrected chi connectivity index (χ1v) is 9.76. The van der Waals surface area contributed by atoms with Gasteiger partial charge >= 0.3 is 6.18 Å². The highest BCUT2D eigenvalue weighted by atomic mass is 35.5. The third-order valence-electron chi connectivity index (χ3n) is 5.34. The predicted molar refractivity (Wildman–Crippen MR) is 107 cm³/mol. The molecule has 1 unspecified atom stereocenters. The number of alkyl halides is 3. The summed E-state index contributed by atoms with van der Waals surface area (Å²) in [6, 6.07) is 5.37. The number of halogens is 4. The highest BCUT2D eigenvalue weighted by molar-refractivity contribution is 6.30. The summed E-state index contributed by atoms with van der Waals surface area (Å²) < 4.78 is 45.6. The van der Waals surface area contributed by atoms with Gasteiger partial charge in [-0.05, 0) is 18.2 Å². The predicted octanol–water partition coefficient (Wildman–Crippen LogP) is 3.22. The van der Waals surface area contributed by atoms with Gasteiger partial charge in [-0.15, -0.1) is 0 Å². The van der Waals surface area contributed by atoms with Crippen molar-refractivity contribution in [3.05, 3.63) is 47.2 Å². The van der Waals surface area contributed by atoms with Crippen LogP contribution in [0.1, 0.15) is 23.2 Å². The molecule has 4 rings (SSSR count). The van der Waals surface area contributed by atoms with Crippen molar-refractivity contribution in [3.63, 3.8) is 0 Å². The van der Waals surface area contributed by atoms with E-state index in [1.165, 1.54) is 43.8 Å². The van der Waals surface area contributed by atoms with E-state index in [2.05, 4.69) is 10.3 Å². The van der Waals surface area contributed by atoms with E-state index in [0.717, 1.165) is 4.90 Å². The Labute approximate surface area is 184 Å². The fourth-order valence-corrected chi connectivity index (χ4v) is 4.22. The van der Waals surface area contributed by atoms with Crippen LogP contribution < -0.4 is 15.0 Å². The van der Waals surface area contributed by atoms with Crippen LogP contribution in [0.15, 0.2) is 36.7 Å². The number of carbonyl (C=O) groups excluding carboxylic acids is 3. The quantitative estimate of drug-likeness (QED) is 0.744. The third kappa shape index (κ3) is 3.52. The summed E-state index contributed by atoms with van der Waals surface area (Å²) in [5, 5.41) is 2.64. The molecule has 0 spiro atoms. The van der Waals surface area contributed by atoms with Gasteiger partial charge in [0.1, 0.15) is 12.3 Å². The Morgan fingerprint density at radius 1 is 1.28 bits per heavy atom. The zero-order chi connectivity index (χ0) is 23.3. The summed E-state index contributed by atoms with van der Waals surface area (Å²) in [7, 11) is 1.36. The van der Waals surface area contributed by atoms with E-state index in [9.17, 15) is 27.6 Å². The van der Waals surface area contributed by atoms with Crippen LogP contribution in [-0.4, -0.2) is 53.1 Å². The van der Waals surface area contributed by atoms with Gasteiger partial charge in [0.15, 0.2) is 0 Å². The topological polar surface area (TPSA) is 91.8 Å². The number of pyridine rings is 1. The second-order valence-electron chi connectivity index (χ2n) is 7.28. The van der Waals surface area contributed by atoms with Crippen molar-refractivity contribution >= 4 is 40.7 Å². The third-order valence-corrected chi connectivity index (χ3v) is 5.55. The molecule has 1 saturated heterocycles. The molecule has 1 fully saturated rings. The molecule has 0 saturated carbocycles. The SMILES string of the molecule is COc1ccc2c(c1)N1C(=O)CCC1(C(=O)Nc1cncc(Cl)c1)N(CC(F)(F)F)C2=O. The highest BCUT2D eigenvalue weighted by Crippen LogP contribution is 2.47. The molecule has 2 aromatic rings.